The Morgan fingerprint density at radius 1 is 1.03 bits per heavy atom. The Morgan fingerprint density at radius 2 is 1.71 bits per heavy atom. The first-order valence-electron chi connectivity index (χ1n) is 10.0. The first-order chi connectivity index (χ1) is 16.4. The lowest BCUT2D eigenvalue weighted by molar-refractivity contribution is -0.384. The Labute approximate surface area is 197 Å². The van der Waals surface area contributed by atoms with Crippen LogP contribution in [-0.4, -0.2) is 39.6 Å². The molecule has 0 saturated carbocycles. The lowest BCUT2D eigenvalue weighted by Gasteiger charge is -2.08. The molecule has 34 heavy (non-hydrogen) atoms. The van der Waals surface area contributed by atoms with Gasteiger partial charge in [-0.2, -0.15) is 0 Å². The van der Waals surface area contributed by atoms with E-state index < -0.39 is 4.92 Å². The van der Waals surface area contributed by atoms with Crippen molar-refractivity contribution in [2.24, 2.45) is 0 Å². The quantitative estimate of drug-likeness (QED) is 0.193. The normalized spacial score (nSPS) is 10.6. The molecule has 0 saturated heterocycles. The summed E-state index contributed by atoms with van der Waals surface area (Å²) in [5.74, 6) is 0.248. The maximum absolute atomic E-state index is 12.4. The van der Waals surface area contributed by atoms with Crippen molar-refractivity contribution < 1.29 is 19.2 Å². The van der Waals surface area contributed by atoms with Crippen molar-refractivity contribution in [1.29, 1.82) is 0 Å². The van der Waals surface area contributed by atoms with E-state index in [1.165, 1.54) is 23.9 Å². The molecular weight excluding hydrogens is 458 g/mol. The number of aromatic nitrogens is 2. The van der Waals surface area contributed by atoms with E-state index >= 15 is 0 Å². The van der Waals surface area contributed by atoms with Gasteiger partial charge < -0.3 is 20.4 Å². The van der Waals surface area contributed by atoms with E-state index in [0.29, 0.717) is 38.9 Å². The van der Waals surface area contributed by atoms with Gasteiger partial charge in [-0.3, -0.25) is 19.7 Å². The number of carbonyl (C=O) groups is 2. The number of nitrogens with one attached hydrogen (secondary N) is 3. The fourth-order valence-corrected chi connectivity index (χ4v) is 3.75. The van der Waals surface area contributed by atoms with Gasteiger partial charge in [0.1, 0.15) is 5.75 Å². The lowest BCUT2D eigenvalue weighted by Crippen LogP contribution is -2.15. The number of imidazole rings is 1. The first kappa shape index (κ1) is 22.8. The van der Waals surface area contributed by atoms with Gasteiger partial charge in [0.05, 0.1) is 28.8 Å². The highest BCUT2D eigenvalue weighted by Gasteiger charge is 2.12. The van der Waals surface area contributed by atoms with Crippen molar-refractivity contribution in [3.05, 3.63) is 82.4 Å². The Kier molecular flexibility index (Phi) is 6.74. The molecule has 0 bridgehead atoms. The molecule has 172 valence electrons. The highest BCUT2D eigenvalue weighted by atomic mass is 32.2. The maximum atomic E-state index is 12.4. The van der Waals surface area contributed by atoms with Crippen LogP contribution in [-0.2, 0) is 4.79 Å². The van der Waals surface area contributed by atoms with E-state index in [2.05, 4.69) is 20.6 Å². The fourth-order valence-electron chi connectivity index (χ4n) is 3.07. The molecule has 3 N–H and O–H groups in total. The van der Waals surface area contributed by atoms with Gasteiger partial charge in [0, 0.05) is 29.1 Å². The van der Waals surface area contributed by atoms with Crippen LogP contribution in [0, 0.1) is 10.1 Å². The average Bonchev–Trinajstić information content (AvgIpc) is 3.26. The molecule has 1 heterocycles. The second-order valence-electron chi connectivity index (χ2n) is 7.10. The second-order valence-corrected chi connectivity index (χ2v) is 8.06. The number of carbonyl (C=O) groups excluding carboxylic acids is 2. The monoisotopic (exact) mass is 477 g/mol. The summed E-state index contributed by atoms with van der Waals surface area (Å²) >= 11 is 1.18. The van der Waals surface area contributed by atoms with Crippen LogP contribution in [0.1, 0.15) is 10.4 Å². The number of anilines is 2. The van der Waals surface area contributed by atoms with Crippen LogP contribution in [0.25, 0.3) is 11.0 Å². The molecule has 3 aromatic carbocycles. The number of nitro benzene ring substituents is 1. The molecule has 1 aromatic heterocycles. The Morgan fingerprint density at radius 3 is 2.38 bits per heavy atom. The summed E-state index contributed by atoms with van der Waals surface area (Å²) in [5, 5.41) is 16.9. The van der Waals surface area contributed by atoms with Gasteiger partial charge in [-0.15, -0.1) is 0 Å². The molecule has 0 aliphatic heterocycles. The molecule has 0 aliphatic rings. The van der Waals surface area contributed by atoms with Gasteiger partial charge in [-0.1, -0.05) is 11.8 Å². The number of non-ortho nitro benzene ring substituents is 1. The largest absolute Gasteiger partial charge is 0.497 e. The summed E-state index contributed by atoms with van der Waals surface area (Å²) in [5.41, 5.74) is 2.70. The number of rotatable bonds is 8. The summed E-state index contributed by atoms with van der Waals surface area (Å²) < 4.78 is 5.10. The molecule has 0 radical (unpaired) electrons. The smallest absolute Gasteiger partial charge is 0.271 e. The molecule has 0 unspecified atom stereocenters. The predicted molar refractivity (Wildman–Crippen MR) is 129 cm³/mol. The fraction of sp³-hybridized carbons (Fsp3) is 0.0870. The molecule has 10 nitrogen and oxygen atoms in total. The standard InChI is InChI=1S/C23H19N5O5S/c1-33-18-9-6-16(7-10-18)25-22(30)14-2-4-15(5-3-14)24-21(29)13-34-23-26-19-11-8-17(28(31)32)12-20(19)27-23/h2-12H,13H2,1H3,(H,24,29)(H,25,30)(H,26,27). The minimum Gasteiger partial charge on any atom is -0.497 e. The first-order valence-corrected chi connectivity index (χ1v) is 11.0. The number of nitro groups is 1. The Hall–Kier alpha value is -4.38. The number of hydrogen-bond acceptors (Lipinski definition) is 7. The summed E-state index contributed by atoms with van der Waals surface area (Å²) in [6, 6.07) is 17.9. The molecule has 2 amide bonds. The minimum atomic E-state index is -0.478. The lowest BCUT2D eigenvalue weighted by atomic mass is 10.2. The highest BCUT2D eigenvalue weighted by molar-refractivity contribution is 7.99. The molecule has 4 rings (SSSR count). The third-order valence-electron chi connectivity index (χ3n) is 4.77. The molecule has 0 aliphatic carbocycles. The SMILES string of the molecule is COc1ccc(NC(=O)c2ccc(NC(=O)CSc3nc4ccc([N+](=O)[O-])cc4[nH]3)cc2)cc1. The third-order valence-corrected chi connectivity index (χ3v) is 5.65. The van der Waals surface area contributed by atoms with Crippen LogP contribution in [0.15, 0.2) is 71.9 Å². The summed E-state index contributed by atoms with van der Waals surface area (Å²) in [4.78, 5) is 42.4. The van der Waals surface area contributed by atoms with E-state index in [1.807, 2.05) is 0 Å². The number of aromatic amines is 1. The predicted octanol–water partition coefficient (Wildman–Crippen LogP) is 4.46. The van der Waals surface area contributed by atoms with E-state index in [-0.39, 0.29) is 23.3 Å². The second kappa shape index (κ2) is 10.0. The number of methoxy groups -OCH3 is 1. The summed E-state index contributed by atoms with van der Waals surface area (Å²) in [6.45, 7) is 0. The average molecular weight is 478 g/mol. The van der Waals surface area contributed by atoms with E-state index in [9.17, 15) is 19.7 Å². The number of H-pyrrole nitrogens is 1. The summed E-state index contributed by atoms with van der Waals surface area (Å²) in [6.07, 6.45) is 0. The molecular formula is C23H19N5O5S. The zero-order valence-corrected chi connectivity index (χ0v) is 18.7. The van der Waals surface area contributed by atoms with Crippen LogP contribution in [0.5, 0.6) is 5.75 Å². The van der Waals surface area contributed by atoms with E-state index in [0.717, 1.165) is 0 Å². The number of amides is 2. The van der Waals surface area contributed by atoms with Gasteiger partial charge in [0.15, 0.2) is 5.16 Å². The van der Waals surface area contributed by atoms with Crippen LogP contribution in [0.2, 0.25) is 0 Å². The van der Waals surface area contributed by atoms with Gasteiger partial charge >= 0.3 is 0 Å². The third kappa shape index (κ3) is 5.51. The zero-order chi connectivity index (χ0) is 24.1. The van der Waals surface area contributed by atoms with E-state index in [1.54, 1.807) is 61.7 Å². The van der Waals surface area contributed by atoms with Crippen LogP contribution >= 0.6 is 11.8 Å². The van der Waals surface area contributed by atoms with Gasteiger partial charge in [-0.05, 0) is 54.6 Å². The molecule has 0 atom stereocenters. The zero-order valence-electron chi connectivity index (χ0n) is 17.9. The van der Waals surface area contributed by atoms with E-state index in [4.69, 9.17) is 4.74 Å². The number of fused-ring (bicyclic) bond motifs is 1. The topological polar surface area (TPSA) is 139 Å². The van der Waals surface area contributed by atoms with Crippen molar-refractivity contribution in [2.75, 3.05) is 23.5 Å². The maximum Gasteiger partial charge on any atom is 0.271 e. The molecule has 0 fully saturated rings. The van der Waals surface area contributed by atoms with Crippen molar-refractivity contribution in [3.8, 4) is 5.75 Å². The van der Waals surface area contributed by atoms with Crippen LogP contribution < -0.4 is 15.4 Å². The van der Waals surface area contributed by atoms with Gasteiger partial charge in [0.2, 0.25) is 5.91 Å². The van der Waals surface area contributed by atoms with Crippen LogP contribution in [0.4, 0.5) is 17.1 Å². The molecule has 4 aromatic rings. The highest BCUT2D eigenvalue weighted by Crippen LogP contribution is 2.23. The van der Waals surface area contributed by atoms with Gasteiger partial charge in [0.25, 0.3) is 11.6 Å². The van der Waals surface area contributed by atoms with Gasteiger partial charge in [-0.25, -0.2) is 4.98 Å². The Balaban J connectivity index is 1.30. The van der Waals surface area contributed by atoms with Crippen LogP contribution in [0.3, 0.4) is 0 Å². The van der Waals surface area contributed by atoms with Crippen molar-refractivity contribution >= 4 is 51.7 Å². The Bertz CT molecular complexity index is 1350. The molecule has 11 heteroatoms. The number of ether oxygens (including phenoxy) is 1. The van der Waals surface area contributed by atoms with Crippen molar-refractivity contribution in [3.63, 3.8) is 0 Å². The minimum absolute atomic E-state index is 0.0356. The number of thioether (sulfide) groups is 1. The van der Waals surface area contributed by atoms with Crippen molar-refractivity contribution in [2.45, 2.75) is 5.16 Å². The number of nitrogens with zero attached hydrogens (tertiary/aromatic N) is 2. The number of hydrogen-bond donors (Lipinski definition) is 3. The molecule has 0 spiro atoms. The summed E-state index contributed by atoms with van der Waals surface area (Å²) in [7, 11) is 1.57. The number of benzene rings is 3. The van der Waals surface area contributed by atoms with Crippen molar-refractivity contribution in [1.82, 2.24) is 9.97 Å².